The SMILES string of the molecule is O=C(COc1ccc(Br)cc1Cl)N(Cc1ccncc1)Cc1cccnc1. The lowest BCUT2D eigenvalue weighted by Crippen LogP contribution is -2.34. The lowest BCUT2D eigenvalue weighted by molar-refractivity contribution is -0.134. The summed E-state index contributed by atoms with van der Waals surface area (Å²) < 4.78 is 6.49. The van der Waals surface area contributed by atoms with E-state index in [1.165, 1.54) is 0 Å². The summed E-state index contributed by atoms with van der Waals surface area (Å²) in [6, 6.07) is 12.8. The van der Waals surface area contributed by atoms with Crippen LogP contribution in [0.1, 0.15) is 11.1 Å². The summed E-state index contributed by atoms with van der Waals surface area (Å²) in [5.41, 5.74) is 1.94. The summed E-state index contributed by atoms with van der Waals surface area (Å²) in [7, 11) is 0. The van der Waals surface area contributed by atoms with Crippen LogP contribution in [0.2, 0.25) is 5.02 Å². The number of amides is 1. The molecule has 0 aliphatic carbocycles. The van der Waals surface area contributed by atoms with Crippen molar-refractivity contribution in [1.82, 2.24) is 14.9 Å². The average Bonchev–Trinajstić information content (AvgIpc) is 2.68. The monoisotopic (exact) mass is 445 g/mol. The lowest BCUT2D eigenvalue weighted by atomic mass is 10.2. The third kappa shape index (κ3) is 5.77. The lowest BCUT2D eigenvalue weighted by Gasteiger charge is -2.23. The number of nitrogens with zero attached hydrogens (tertiary/aromatic N) is 3. The van der Waals surface area contributed by atoms with Gasteiger partial charge < -0.3 is 9.64 Å². The van der Waals surface area contributed by atoms with E-state index in [4.69, 9.17) is 16.3 Å². The van der Waals surface area contributed by atoms with Gasteiger partial charge in [-0.15, -0.1) is 0 Å². The molecule has 7 heteroatoms. The predicted molar refractivity (Wildman–Crippen MR) is 107 cm³/mol. The van der Waals surface area contributed by atoms with Crippen molar-refractivity contribution in [2.24, 2.45) is 0 Å². The van der Waals surface area contributed by atoms with Crippen LogP contribution in [-0.4, -0.2) is 27.4 Å². The zero-order valence-corrected chi connectivity index (χ0v) is 16.7. The van der Waals surface area contributed by atoms with Gasteiger partial charge in [-0.3, -0.25) is 14.8 Å². The number of hydrogen-bond donors (Lipinski definition) is 0. The molecule has 0 saturated carbocycles. The molecular formula is C20H17BrClN3O2. The van der Waals surface area contributed by atoms with Gasteiger partial charge >= 0.3 is 0 Å². The van der Waals surface area contributed by atoms with Crippen molar-refractivity contribution in [3.8, 4) is 5.75 Å². The summed E-state index contributed by atoms with van der Waals surface area (Å²) >= 11 is 9.50. The highest BCUT2D eigenvalue weighted by Crippen LogP contribution is 2.27. The summed E-state index contributed by atoms with van der Waals surface area (Å²) in [6.07, 6.45) is 6.87. The first-order chi connectivity index (χ1) is 13.1. The van der Waals surface area contributed by atoms with Crippen LogP contribution < -0.4 is 4.74 Å². The molecule has 0 spiro atoms. The minimum atomic E-state index is -0.144. The maximum atomic E-state index is 12.8. The number of aromatic nitrogens is 2. The van der Waals surface area contributed by atoms with Crippen molar-refractivity contribution in [3.05, 3.63) is 87.9 Å². The van der Waals surface area contributed by atoms with E-state index in [9.17, 15) is 4.79 Å². The van der Waals surface area contributed by atoms with Crippen LogP contribution >= 0.6 is 27.5 Å². The highest BCUT2D eigenvalue weighted by atomic mass is 79.9. The van der Waals surface area contributed by atoms with Gasteiger partial charge in [0.1, 0.15) is 5.75 Å². The molecule has 0 aliphatic heterocycles. The Morgan fingerprint density at radius 1 is 1.04 bits per heavy atom. The summed E-state index contributed by atoms with van der Waals surface area (Å²) in [4.78, 5) is 22.7. The normalized spacial score (nSPS) is 10.4. The van der Waals surface area contributed by atoms with Gasteiger partial charge in [-0.1, -0.05) is 33.6 Å². The predicted octanol–water partition coefficient (Wildman–Crippen LogP) is 4.50. The maximum absolute atomic E-state index is 12.8. The Morgan fingerprint density at radius 3 is 2.52 bits per heavy atom. The van der Waals surface area contributed by atoms with Crippen LogP contribution in [0.15, 0.2) is 71.7 Å². The smallest absolute Gasteiger partial charge is 0.261 e. The van der Waals surface area contributed by atoms with E-state index in [0.29, 0.717) is 23.9 Å². The zero-order chi connectivity index (χ0) is 19.1. The maximum Gasteiger partial charge on any atom is 0.261 e. The molecule has 0 atom stereocenters. The van der Waals surface area contributed by atoms with Crippen molar-refractivity contribution in [3.63, 3.8) is 0 Å². The Labute approximate surface area is 171 Å². The second-order valence-electron chi connectivity index (χ2n) is 5.83. The molecule has 3 aromatic rings. The summed E-state index contributed by atoms with van der Waals surface area (Å²) in [5.74, 6) is 0.327. The average molecular weight is 447 g/mol. The third-order valence-corrected chi connectivity index (χ3v) is 4.61. The molecule has 2 aromatic heterocycles. The fraction of sp³-hybridized carbons (Fsp3) is 0.150. The molecule has 1 amide bonds. The van der Waals surface area contributed by atoms with E-state index < -0.39 is 0 Å². The molecule has 0 fully saturated rings. The molecule has 0 N–H and O–H groups in total. The van der Waals surface area contributed by atoms with Crippen molar-refractivity contribution in [2.45, 2.75) is 13.1 Å². The quantitative estimate of drug-likeness (QED) is 0.536. The van der Waals surface area contributed by atoms with Gasteiger partial charge in [0.05, 0.1) is 5.02 Å². The number of benzene rings is 1. The van der Waals surface area contributed by atoms with Crippen LogP contribution in [0.3, 0.4) is 0 Å². The van der Waals surface area contributed by atoms with Crippen LogP contribution in [0.5, 0.6) is 5.75 Å². The second kappa shape index (κ2) is 9.48. The number of ether oxygens (including phenoxy) is 1. The largest absolute Gasteiger partial charge is 0.482 e. The molecule has 0 unspecified atom stereocenters. The fourth-order valence-corrected chi connectivity index (χ4v) is 3.20. The van der Waals surface area contributed by atoms with Gasteiger partial charge in [0.2, 0.25) is 0 Å². The number of carbonyl (C=O) groups is 1. The first-order valence-electron chi connectivity index (χ1n) is 8.25. The Balaban J connectivity index is 1.71. The number of hydrogen-bond acceptors (Lipinski definition) is 4. The van der Waals surface area contributed by atoms with Crippen LogP contribution in [0.4, 0.5) is 0 Å². The van der Waals surface area contributed by atoms with Crippen LogP contribution in [-0.2, 0) is 17.9 Å². The standard InChI is InChI=1S/C20H17BrClN3O2/c21-17-3-4-19(18(22)10-17)27-14-20(26)25(12-15-5-8-23-9-6-15)13-16-2-1-7-24-11-16/h1-11H,12-14H2. The molecule has 27 heavy (non-hydrogen) atoms. The Bertz CT molecular complexity index is 853. The van der Waals surface area contributed by atoms with Gasteiger partial charge in [-0.05, 0) is 47.5 Å². The molecule has 0 saturated heterocycles. The van der Waals surface area contributed by atoms with Crippen LogP contribution in [0.25, 0.3) is 0 Å². The third-order valence-electron chi connectivity index (χ3n) is 3.82. The number of rotatable bonds is 7. The van der Waals surface area contributed by atoms with Gasteiger partial charge in [0.15, 0.2) is 6.61 Å². The molecule has 0 bridgehead atoms. The summed E-state index contributed by atoms with van der Waals surface area (Å²) in [6.45, 7) is 0.785. The molecule has 0 radical (unpaired) electrons. The van der Waals surface area contributed by atoms with E-state index in [1.54, 1.807) is 41.8 Å². The first-order valence-corrected chi connectivity index (χ1v) is 9.42. The van der Waals surface area contributed by atoms with Crippen molar-refractivity contribution < 1.29 is 9.53 Å². The molecule has 0 aliphatic rings. The van der Waals surface area contributed by atoms with E-state index in [1.807, 2.05) is 30.3 Å². The molecule has 1 aromatic carbocycles. The first kappa shape index (κ1) is 19.3. The fourth-order valence-electron chi connectivity index (χ4n) is 2.48. The highest BCUT2D eigenvalue weighted by Gasteiger charge is 2.16. The molecule has 2 heterocycles. The van der Waals surface area contributed by atoms with Gasteiger partial charge in [-0.2, -0.15) is 0 Å². The highest BCUT2D eigenvalue weighted by molar-refractivity contribution is 9.10. The van der Waals surface area contributed by atoms with Gasteiger partial charge in [0.25, 0.3) is 5.91 Å². The van der Waals surface area contributed by atoms with Gasteiger partial charge in [0, 0.05) is 42.3 Å². The Morgan fingerprint density at radius 2 is 1.81 bits per heavy atom. The number of carbonyl (C=O) groups excluding carboxylic acids is 1. The Hall–Kier alpha value is -2.44. The molecule has 3 rings (SSSR count). The number of pyridine rings is 2. The number of halogens is 2. The minimum absolute atomic E-state index is 0.104. The molecule has 138 valence electrons. The van der Waals surface area contributed by atoms with E-state index in [0.717, 1.165) is 15.6 Å². The van der Waals surface area contributed by atoms with E-state index >= 15 is 0 Å². The zero-order valence-electron chi connectivity index (χ0n) is 14.4. The topological polar surface area (TPSA) is 55.3 Å². The van der Waals surface area contributed by atoms with E-state index in [-0.39, 0.29) is 12.5 Å². The van der Waals surface area contributed by atoms with Crippen molar-refractivity contribution >= 4 is 33.4 Å². The Kier molecular flexibility index (Phi) is 6.79. The molecule has 5 nitrogen and oxygen atoms in total. The van der Waals surface area contributed by atoms with Crippen LogP contribution in [0, 0.1) is 0 Å². The summed E-state index contributed by atoms with van der Waals surface area (Å²) in [5, 5.41) is 0.449. The second-order valence-corrected chi connectivity index (χ2v) is 7.15. The van der Waals surface area contributed by atoms with Crippen molar-refractivity contribution in [1.29, 1.82) is 0 Å². The van der Waals surface area contributed by atoms with E-state index in [2.05, 4.69) is 25.9 Å². The molecular weight excluding hydrogens is 430 g/mol. The van der Waals surface area contributed by atoms with Gasteiger partial charge in [-0.25, -0.2) is 0 Å². The van der Waals surface area contributed by atoms with Crippen molar-refractivity contribution in [2.75, 3.05) is 6.61 Å². The minimum Gasteiger partial charge on any atom is -0.482 e.